The molecule has 0 heterocycles. The van der Waals surface area contributed by atoms with E-state index in [0.717, 1.165) is 25.7 Å². The second-order valence-corrected chi connectivity index (χ2v) is 18.7. The van der Waals surface area contributed by atoms with Gasteiger partial charge in [-0.15, -0.1) is 0 Å². The topological polar surface area (TPSA) is 407 Å². The number of rotatable bonds is 42. The fourth-order valence-electron chi connectivity index (χ4n) is 7.53. The second-order valence-electron chi connectivity index (χ2n) is 18.7. The number of primary amides is 2. The number of nitrogens with two attached hydrogens (primary N) is 6. The SMILES string of the molecule is CCCCCCCCCCCCCCCC(=O)N[C@@H](CCCN=C(N)N)C(=O)N[C@@H](CC(C)C)C(=O)N[C@@H](CCCN=C(N)N)C(=O)N[C@@H](CCC(N)=O)C(=O)N[C@@H](C)C(=O)N[C@@H](CCC(N)=O)C(C)=O. The molecule has 406 valence electrons. The Labute approximate surface area is 420 Å². The predicted molar refractivity (Wildman–Crippen MR) is 274 cm³/mol. The van der Waals surface area contributed by atoms with E-state index in [1.54, 1.807) is 0 Å². The molecule has 0 aliphatic heterocycles. The van der Waals surface area contributed by atoms with Crippen molar-refractivity contribution in [2.45, 2.75) is 219 Å². The summed E-state index contributed by atoms with van der Waals surface area (Å²) in [4.78, 5) is 125. The molecular weight excluding hydrogens is 917 g/mol. The fraction of sp³-hybridized carbons (Fsp3) is 0.771. The zero-order chi connectivity index (χ0) is 53.7. The molecule has 0 unspecified atom stereocenters. The van der Waals surface area contributed by atoms with E-state index in [1.807, 2.05) is 13.8 Å². The first-order valence-electron chi connectivity index (χ1n) is 25.6. The quantitative estimate of drug-likeness (QED) is 0.0228. The molecule has 0 fully saturated rings. The lowest BCUT2D eigenvalue weighted by Crippen LogP contribution is -2.59. The molecule has 0 saturated heterocycles. The van der Waals surface area contributed by atoms with Crippen molar-refractivity contribution in [1.82, 2.24) is 31.9 Å². The molecule has 6 atom stereocenters. The number of aliphatic imine (C=N–C) groups is 2. The van der Waals surface area contributed by atoms with Gasteiger partial charge >= 0.3 is 0 Å². The van der Waals surface area contributed by atoms with Crippen LogP contribution in [0.2, 0.25) is 0 Å². The van der Waals surface area contributed by atoms with Crippen LogP contribution in [-0.4, -0.2) is 114 Å². The monoisotopic (exact) mass is 1010 g/mol. The van der Waals surface area contributed by atoms with Crippen molar-refractivity contribution >= 4 is 65.0 Å². The van der Waals surface area contributed by atoms with Gasteiger partial charge in [0.15, 0.2) is 17.7 Å². The van der Waals surface area contributed by atoms with E-state index in [4.69, 9.17) is 34.4 Å². The Morgan fingerprint density at radius 3 is 1.20 bits per heavy atom. The molecule has 8 amide bonds. The molecule has 0 aliphatic carbocycles. The van der Waals surface area contributed by atoms with Crippen LogP contribution >= 0.6 is 0 Å². The summed E-state index contributed by atoms with van der Waals surface area (Å²) in [7, 11) is 0. The third-order valence-corrected chi connectivity index (χ3v) is 11.6. The Morgan fingerprint density at radius 2 is 0.775 bits per heavy atom. The molecule has 0 bridgehead atoms. The van der Waals surface area contributed by atoms with Crippen LogP contribution < -0.4 is 66.3 Å². The molecule has 0 spiro atoms. The first-order valence-corrected chi connectivity index (χ1v) is 25.6. The van der Waals surface area contributed by atoms with Crippen molar-refractivity contribution in [3.63, 3.8) is 0 Å². The van der Waals surface area contributed by atoms with Gasteiger partial charge in [0.1, 0.15) is 30.2 Å². The van der Waals surface area contributed by atoms with Gasteiger partial charge in [0.2, 0.25) is 47.3 Å². The van der Waals surface area contributed by atoms with Crippen LogP contribution in [0.15, 0.2) is 9.98 Å². The Bertz CT molecular complexity index is 1720. The maximum absolute atomic E-state index is 14.1. The fourth-order valence-corrected chi connectivity index (χ4v) is 7.53. The summed E-state index contributed by atoms with van der Waals surface area (Å²) in [6.45, 7) is 8.68. The van der Waals surface area contributed by atoms with E-state index in [2.05, 4.69) is 48.8 Å². The normalized spacial score (nSPS) is 13.5. The first kappa shape index (κ1) is 65.0. The molecule has 0 rings (SSSR count). The lowest BCUT2D eigenvalue weighted by molar-refractivity contribution is -0.135. The van der Waals surface area contributed by atoms with E-state index < -0.39 is 83.4 Å². The van der Waals surface area contributed by atoms with Crippen molar-refractivity contribution < 1.29 is 43.2 Å². The van der Waals surface area contributed by atoms with Gasteiger partial charge in [-0.3, -0.25) is 53.1 Å². The maximum atomic E-state index is 14.1. The van der Waals surface area contributed by atoms with Gasteiger partial charge in [-0.1, -0.05) is 97.8 Å². The minimum absolute atomic E-state index is 0.0555. The number of nitrogens with one attached hydrogen (secondary N) is 6. The highest BCUT2D eigenvalue weighted by atomic mass is 16.2. The molecule has 71 heavy (non-hydrogen) atoms. The Balaban J connectivity index is 6.13. The molecule has 0 aromatic rings. The van der Waals surface area contributed by atoms with Gasteiger partial charge in [-0.05, 0) is 71.1 Å². The summed E-state index contributed by atoms with van der Waals surface area (Å²) in [5.74, 6) is -6.62. The van der Waals surface area contributed by atoms with Crippen LogP contribution in [0, 0.1) is 5.92 Å². The summed E-state index contributed by atoms with van der Waals surface area (Å²) in [5, 5.41) is 15.7. The highest BCUT2D eigenvalue weighted by Gasteiger charge is 2.33. The summed E-state index contributed by atoms with van der Waals surface area (Å²) in [6.07, 6.45) is 15.0. The average molecular weight is 1010 g/mol. The number of ketones is 1. The number of amides is 8. The largest absolute Gasteiger partial charge is 0.370 e. The molecule has 23 nitrogen and oxygen atoms in total. The zero-order valence-electron chi connectivity index (χ0n) is 43.3. The van der Waals surface area contributed by atoms with Crippen LogP contribution in [0.3, 0.4) is 0 Å². The van der Waals surface area contributed by atoms with Gasteiger partial charge in [0.25, 0.3) is 0 Å². The van der Waals surface area contributed by atoms with Crippen molar-refractivity contribution in [3.05, 3.63) is 0 Å². The maximum Gasteiger partial charge on any atom is 0.243 e. The van der Waals surface area contributed by atoms with Crippen molar-refractivity contribution in [2.24, 2.45) is 50.3 Å². The van der Waals surface area contributed by atoms with Crippen molar-refractivity contribution in [1.29, 1.82) is 0 Å². The smallest absolute Gasteiger partial charge is 0.243 e. The van der Waals surface area contributed by atoms with Gasteiger partial charge in [0, 0.05) is 32.4 Å². The summed E-state index contributed by atoms with van der Waals surface area (Å²) in [6, 6.07) is -7.35. The van der Waals surface area contributed by atoms with Crippen LogP contribution in [-0.2, 0) is 43.2 Å². The lowest BCUT2D eigenvalue weighted by Gasteiger charge is -2.27. The number of carbonyl (C=O) groups excluding carboxylic acids is 9. The van der Waals surface area contributed by atoms with Crippen molar-refractivity contribution in [2.75, 3.05) is 13.1 Å². The number of unbranched alkanes of at least 4 members (excludes halogenated alkanes) is 12. The Kier molecular flexibility index (Phi) is 35.4. The Hall–Kier alpha value is -6.03. The van der Waals surface area contributed by atoms with E-state index in [-0.39, 0.29) is 94.6 Å². The van der Waals surface area contributed by atoms with Crippen LogP contribution in [0.1, 0.15) is 182 Å². The molecular formula is C48H90N14O9. The molecule has 23 heteroatoms. The minimum Gasteiger partial charge on any atom is -0.370 e. The molecule has 0 saturated carbocycles. The number of hydrogen-bond acceptors (Lipinski definition) is 11. The van der Waals surface area contributed by atoms with Gasteiger partial charge in [-0.2, -0.15) is 0 Å². The van der Waals surface area contributed by atoms with E-state index in [1.165, 1.54) is 65.2 Å². The number of hydrogen-bond donors (Lipinski definition) is 12. The first-order chi connectivity index (χ1) is 33.6. The third kappa shape index (κ3) is 34.0. The average Bonchev–Trinajstić information content (AvgIpc) is 3.28. The van der Waals surface area contributed by atoms with Crippen molar-refractivity contribution in [3.8, 4) is 0 Å². The summed E-state index contributed by atoms with van der Waals surface area (Å²) < 4.78 is 0. The van der Waals surface area contributed by atoms with Crippen LogP contribution in [0.25, 0.3) is 0 Å². The summed E-state index contributed by atoms with van der Waals surface area (Å²) in [5.41, 5.74) is 32.6. The number of carbonyl (C=O) groups is 9. The molecule has 0 aromatic heterocycles. The standard InChI is InChI=1S/C48H90N14O9/c1-6-7-8-9-10-11-12-13-14-15-16-17-18-23-41(66)58-35(21-19-28-55-47(51)52)44(69)62-38(30-31(2)3)46(71)60-36(22-20-29-56-48(53)54)45(70)61-37(25-27-40(50)65)43(68)57-32(4)42(67)59-34(33(5)63)24-26-39(49)64/h31-32,34-38H,6-30H2,1-5H3,(H2,49,64)(H2,50,65)(H,57,68)(H,58,66)(H,59,67)(H,60,71)(H,61,70)(H,62,69)(H4,51,52,55)(H4,53,54,56)/t32-,34-,35-,36-,37-,38-/m0/s1. The number of nitrogens with zero attached hydrogens (tertiary/aromatic N) is 2. The molecule has 0 aromatic carbocycles. The van der Waals surface area contributed by atoms with Gasteiger partial charge < -0.3 is 66.3 Å². The van der Waals surface area contributed by atoms with Crippen LogP contribution in [0.4, 0.5) is 0 Å². The second kappa shape index (κ2) is 38.7. The predicted octanol–water partition coefficient (Wildman–Crippen LogP) is 0.670. The van der Waals surface area contributed by atoms with E-state index in [0.29, 0.717) is 12.8 Å². The van der Waals surface area contributed by atoms with E-state index in [9.17, 15) is 43.2 Å². The van der Waals surface area contributed by atoms with Gasteiger partial charge in [-0.25, -0.2) is 0 Å². The molecule has 0 radical (unpaired) electrons. The highest BCUT2D eigenvalue weighted by Crippen LogP contribution is 2.14. The van der Waals surface area contributed by atoms with E-state index >= 15 is 0 Å². The Morgan fingerprint density at radius 1 is 0.408 bits per heavy atom. The highest BCUT2D eigenvalue weighted by molar-refractivity contribution is 5.97. The minimum atomic E-state index is -1.45. The number of guanidine groups is 2. The van der Waals surface area contributed by atoms with Crippen LogP contribution in [0.5, 0.6) is 0 Å². The molecule has 0 aliphatic rings. The lowest BCUT2D eigenvalue weighted by atomic mass is 10.0. The van der Waals surface area contributed by atoms with Gasteiger partial charge in [0.05, 0.1) is 6.04 Å². The zero-order valence-corrected chi connectivity index (χ0v) is 43.3. The summed E-state index contributed by atoms with van der Waals surface area (Å²) >= 11 is 0. The third-order valence-electron chi connectivity index (χ3n) is 11.6. The number of Topliss-reactive ketones (excluding diaryl/α,β-unsaturated/α-hetero) is 1. The molecule has 18 N–H and O–H groups in total.